The lowest BCUT2D eigenvalue weighted by atomic mass is 10.2. The highest BCUT2D eigenvalue weighted by Crippen LogP contribution is 2.25. The van der Waals surface area contributed by atoms with Crippen LogP contribution in [-0.4, -0.2) is 33.5 Å². The van der Waals surface area contributed by atoms with Crippen LogP contribution in [0, 0.1) is 13.8 Å². The predicted octanol–water partition coefficient (Wildman–Crippen LogP) is 4.10. The van der Waals surface area contributed by atoms with Gasteiger partial charge >= 0.3 is 0 Å². The van der Waals surface area contributed by atoms with Gasteiger partial charge in [0.05, 0.1) is 18.0 Å². The lowest BCUT2D eigenvalue weighted by molar-refractivity contribution is -0.113. The van der Waals surface area contributed by atoms with Crippen molar-refractivity contribution in [3.63, 3.8) is 0 Å². The highest BCUT2D eigenvalue weighted by atomic mass is 79.9. The summed E-state index contributed by atoms with van der Waals surface area (Å²) < 4.78 is 2.85. The van der Waals surface area contributed by atoms with Crippen LogP contribution in [-0.2, 0) is 11.3 Å². The van der Waals surface area contributed by atoms with Gasteiger partial charge in [0.2, 0.25) is 5.91 Å². The molecule has 2 aromatic carbocycles. The number of anilines is 1. The molecular formula is C20H22BrN5OS. The molecule has 28 heavy (non-hydrogen) atoms. The summed E-state index contributed by atoms with van der Waals surface area (Å²) in [6, 6.07) is 14.0. The van der Waals surface area contributed by atoms with E-state index in [2.05, 4.69) is 48.9 Å². The van der Waals surface area contributed by atoms with Gasteiger partial charge in [0.25, 0.3) is 0 Å². The average Bonchev–Trinajstić information content (AvgIpc) is 3.06. The largest absolute Gasteiger partial charge is 0.324 e. The van der Waals surface area contributed by atoms with Gasteiger partial charge in [-0.25, -0.2) is 0 Å². The maximum Gasteiger partial charge on any atom is 0.234 e. The zero-order chi connectivity index (χ0) is 20.1. The van der Waals surface area contributed by atoms with Gasteiger partial charge in [0, 0.05) is 10.2 Å². The van der Waals surface area contributed by atoms with Crippen molar-refractivity contribution in [1.82, 2.24) is 20.1 Å². The Labute approximate surface area is 177 Å². The fourth-order valence-corrected chi connectivity index (χ4v) is 4.02. The molecule has 3 aromatic rings. The number of nitrogens with one attached hydrogen (secondary N) is 2. The summed E-state index contributed by atoms with van der Waals surface area (Å²) in [6.45, 7) is 4.64. The van der Waals surface area contributed by atoms with Gasteiger partial charge in [0.15, 0.2) is 11.0 Å². The second-order valence-electron chi connectivity index (χ2n) is 6.42. The summed E-state index contributed by atoms with van der Waals surface area (Å²) in [4.78, 5) is 12.4. The van der Waals surface area contributed by atoms with E-state index < -0.39 is 0 Å². The van der Waals surface area contributed by atoms with Gasteiger partial charge < -0.3 is 10.6 Å². The molecule has 1 aromatic heterocycles. The molecule has 0 saturated carbocycles. The fourth-order valence-electron chi connectivity index (χ4n) is 2.66. The zero-order valence-corrected chi connectivity index (χ0v) is 18.4. The van der Waals surface area contributed by atoms with Crippen LogP contribution in [0.1, 0.15) is 17.0 Å². The van der Waals surface area contributed by atoms with E-state index in [1.165, 1.54) is 17.3 Å². The number of benzene rings is 2. The lowest BCUT2D eigenvalue weighted by Gasteiger charge is -2.11. The summed E-state index contributed by atoms with van der Waals surface area (Å²) >= 11 is 4.85. The summed E-state index contributed by atoms with van der Waals surface area (Å²) in [5.74, 6) is 0.947. The van der Waals surface area contributed by atoms with Gasteiger partial charge in [0.1, 0.15) is 0 Å². The molecule has 0 aliphatic heterocycles. The van der Waals surface area contributed by atoms with Crippen molar-refractivity contribution in [2.24, 2.45) is 0 Å². The van der Waals surface area contributed by atoms with E-state index in [4.69, 9.17) is 0 Å². The van der Waals surface area contributed by atoms with Crippen molar-refractivity contribution in [2.75, 3.05) is 18.1 Å². The third kappa shape index (κ3) is 5.01. The number of hydrogen-bond donors (Lipinski definition) is 2. The monoisotopic (exact) mass is 459 g/mol. The van der Waals surface area contributed by atoms with Crippen LogP contribution in [0.25, 0.3) is 5.69 Å². The van der Waals surface area contributed by atoms with Crippen molar-refractivity contribution < 1.29 is 4.79 Å². The molecule has 0 fully saturated rings. The molecule has 1 amide bonds. The Balaban J connectivity index is 1.75. The smallest absolute Gasteiger partial charge is 0.234 e. The van der Waals surface area contributed by atoms with Crippen LogP contribution >= 0.6 is 27.7 Å². The molecule has 0 aliphatic carbocycles. The van der Waals surface area contributed by atoms with Crippen LogP contribution in [0.5, 0.6) is 0 Å². The third-order valence-electron chi connectivity index (χ3n) is 4.06. The standard InChI is InChI=1S/C20H22BrN5OS/c1-13-4-7-15(8-5-13)26-18(11-22-3)24-25-20(26)28-12-19(27)23-17-9-6-14(2)10-16(17)21/h4-10,22H,11-12H2,1-3H3,(H,23,27). The predicted molar refractivity (Wildman–Crippen MR) is 117 cm³/mol. The number of thioether (sulfide) groups is 1. The molecule has 0 unspecified atom stereocenters. The lowest BCUT2D eigenvalue weighted by Crippen LogP contribution is -2.15. The second kappa shape index (κ2) is 9.36. The minimum atomic E-state index is -0.0943. The van der Waals surface area contributed by atoms with Crippen LogP contribution < -0.4 is 10.6 Å². The Bertz CT molecular complexity index is 971. The van der Waals surface area contributed by atoms with Gasteiger partial charge in [-0.1, -0.05) is 35.5 Å². The number of amides is 1. The van der Waals surface area contributed by atoms with Crippen LogP contribution in [0.15, 0.2) is 52.1 Å². The molecule has 0 radical (unpaired) electrons. The maximum atomic E-state index is 12.4. The zero-order valence-electron chi connectivity index (χ0n) is 16.0. The first kappa shape index (κ1) is 20.6. The normalized spacial score (nSPS) is 10.9. The van der Waals surface area contributed by atoms with Crippen molar-refractivity contribution >= 4 is 39.3 Å². The topological polar surface area (TPSA) is 71.8 Å². The fraction of sp³-hybridized carbons (Fsp3) is 0.250. The number of halogens is 1. The highest BCUT2D eigenvalue weighted by molar-refractivity contribution is 9.10. The maximum absolute atomic E-state index is 12.4. The molecular weight excluding hydrogens is 438 g/mol. The Hall–Kier alpha value is -2.16. The number of rotatable bonds is 7. The van der Waals surface area contributed by atoms with E-state index in [-0.39, 0.29) is 11.7 Å². The number of hydrogen-bond acceptors (Lipinski definition) is 5. The molecule has 0 saturated heterocycles. The molecule has 0 atom stereocenters. The van der Waals surface area contributed by atoms with Gasteiger partial charge in [-0.15, -0.1) is 10.2 Å². The van der Waals surface area contributed by atoms with E-state index in [0.29, 0.717) is 11.7 Å². The molecule has 6 nitrogen and oxygen atoms in total. The second-order valence-corrected chi connectivity index (χ2v) is 8.22. The summed E-state index contributed by atoms with van der Waals surface area (Å²) in [7, 11) is 1.87. The molecule has 3 rings (SSSR count). The van der Waals surface area contributed by atoms with Crippen molar-refractivity contribution in [3.8, 4) is 5.69 Å². The van der Waals surface area contributed by atoms with Gasteiger partial charge in [-0.05, 0) is 66.7 Å². The Morgan fingerprint density at radius 3 is 2.50 bits per heavy atom. The number of carbonyl (C=O) groups is 1. The van der Waals surface area contributed by atoms with Crippen molar-refractivity contribution in [1.29, 1.82) is 0 Å². The van der Waals surface area contributed by atoms with E-state index in [1.54, 1.807) is 0 Å². The summed E-state index contributed by atoms with van der Waals surface area (Å²) in [5, 5.41) is 15.3. The van der Waals surface area contributed by atoms with E-state index in [9.17, 15) is 4.79 Å². The highest BCUT2D eigenvalue weighted by Gasteiger charge is 2.16. The third-order valence-corrected chi connectivity index (χ3v) is 5.64. The van der Waals surface area contributed by atoms with E-state index in [0.717, 1.165) is 27.2 Å². The average molecular weight is 460 g/mol. The van der Waals surface area contributed by atoms with Crippen molar-refractivity contribution in [3.05, 3.63) is 63.9 Å². The Kier molecular flexibility index (Phi) is 6.88. The summed E-state index contributed by atoms with van der Waals surface area (Å²) in [6.07, 6.45) is 0. The number of aryl methyl sites for hydroxylation is 2. The van der Waals surface area contributed by atoms with Crippen LogP contribution in [0.2, 0.25) is 0 Å². The number of nitrogens with zero attached hydrogens (tertiary/aromatic N) is 3. The number of carbonyl (C=O) groups excluding carboxylic acids is 1. The summed E-state index contributed by atoms with van der Waals surface area (Å²) in [5.41, 5.74) is 4.05. The minimum Gasteiger partial charge on any atom is -0.324 e. The van der Waals surface area contributed by atoms with Crippen LogP contribution in [0.3, 0.4) is 0 Å². The Morgan fingerprint density at radius 2 is 1.82 bits per heavy atom. The van der Waals surface area contributed by atoms with Gasteiger partial charge in [-0.3, -0.25) is 9.36 Å². The minimum absolute atomic E-state index is 0.0943. The molecule has 0 spiro atoms. The van der Waals surface area contributed by atoms with E-state index >= 15 is 0 Å². The molecule has 0 aliphatic rings. The Morgan fingerprint density at radius 1 is 1.11 bits per heavy atom. The number of aromatic nitrogens is 3. The quantitative estimate of drug-likeness (QED) is 0.520. The first-order valence-corrected chi connectivity index (χ1v) is 10.6. The van der Waals surface area contributed by atoms with Crippen molar-refractivity contribution in [2.45, 2.75) is 25.5 Å². The van der Waals surface area contributed by atoms with Gasteiger partial charge in [-0.2, -0.15) is 0 Å². The SMILES string of the molecule is CNCc1nnc(SCC(=O)Nc2ccc(C)cc2Br)n1-c1ccc(C)cc1. The molecule has 0 bridgehead atoms. The molecule has 146 valence electrons. The molecule has 2 N–H and O–H groups in total. The van der Waals surface area contributed by atoms with Crippen LogP contribution in [0.4, 0.5) is 5.69 Å². The molecule has 8 heteroatoms. The first-order valence-electron chi connectivity index (χ1n) is 8.82. The van der Waals surface area contributed by atoms with E-state index in [1.807, 2.05) is 55.8 Å². The molecule has 1 heterocycles. The first-order chi connectivity index (χ1) is 13.5.